The number of nitrogens with one attached hydrogen (secondary N) is 2. The van der Waals surface area contributed by atoms with E-state index in [-0.39, 0.29) is 10.5 Å². The molecule has 1 amide bonds. The predicted molar refractivity (Wildman–Crippen MR) is 108 cm³/mol. The van der Waals surface area contributed by atoms with Gasteiger partial charge in [-0.1, -0.05) is 22.0 Å². The highest BCUT2D eigenvalue weighted by Crippen LogP contribution is 2.20. The van der Waals surface area contributed by atoms with E-state index in [9.17, 15) is 13.2 Å². The van der Waals surface area contributed by atoms with Gasteiger partial charge in [-0.3, -0.25) is 9.52 Å². The highest BCUT2D eigenvalue weighted by atomic mass is 79.9. The maximum Gasteiger partial charge on any atom is 0.261 e. The number of benzene rings is 2. The largest absolute Gasteiger partial charge is 0.307 e. The highest BCUT2D eigenvalue weighted by molar-refractivity contribution is 9.10. The molecule has 0 unspecified atom stereocenters. The lowest BCUT2D eigenvalue weighted by atomic mass is 10.2. The van der Waals surface area contributed by atoms with Gasteiger partial charge in [-0.25, -0.2) is 13.4 Å². The van der Waals surface area contributed by atoms with Gasteiger partial charge in [0, 0.05) is 21.9 Å². The fourth-order valence-electron chi connectivity index (χ4n) is 2.33. The third-order valence-corrected chi connectivity index (χ3v) is 5.57. The molecular weight excluding hydrogens is 430 g/mol. The molecule has 8 heteroatoms. The summed E-state index contributed by atoms with van der Waals surface area (Å²) >= 11 is 3.30. The summed E-state index contributed by atoms with van der Waals surface area (Å²) in [5.41, 5.74) is 1.60. The molecule has 0 fully saturated rings. The predicted octanol–water partition coefficient (Wildman–Crippen LogP) is 4.21. The maximum absolute atomic E-state index is 12.6. The van der Waals surface area contributed by atoms with Crippen molar-refractivity contribution in [2.75, 3.05) is 10.0 Å². The van der Waals surface area contributed by atoms with Gasteiger partial charge < -0.3 is 5.32 Å². The van der Waals surface area contributed by atoms with Crippen LogP contribution in [0.5, 0.6) is 0 Å². The number of amides is 1. The van der Waals surface area contributed by atoms with Crippen molar-refractivity contribution in [1.29, 1.82) is 0 Å². The zero-order valence-electron chi connectivity index (χ0n) is 14.3. The van der Waals surface area contributed by atoms with E-state index in [1.165, 1.54) is 18.2 Å². The van der Waals surface area contributed by atoms with E-state index in [4.69, 9.17) is 0 Å². The molecule has 27 heavy (non-hydrogen) atoms. The molecular formula is C19H16BrN3O3S. The minimum Gasteiger partial charge on any atom is -0.307 e. The Bertz CT molecular complexity index is 1080. The Morgan fingerprint density at radius 3 is 2.48 bits per heavy atom. The van der Waals surface area contributed by atoms with Crippen LogP contribution in [0, 0.1) is 6.92 Å². The van der Waals surface area contributed by atoms with Crippen LogP contribution in [0.15, 0.2) is 76.2 Å². The molecule has 3 aromatic rings. The first-order chi connectivity index (χ1) is 12.8. The van der Waals surface area contributed by atoms with Crippen LogP contribution in [0.3, 0.4) is 0 Å². The summed E-state index contributed by atoms with van der Waals surface area (Å²) in [5.74, 6) is -0.0324. The molecule has 0 radical (unpaired) electrons. The van der Waals surface area contributed by atoms with Crippen molar-refractivity contribution in [3.8, 4) is 0 Å². The van der Waals surface area contributed by atoms with Crippen molar-refractivity contribution in [2.45, 2.75) is 11.8 Å². The number of hydrogen-bond acceptors (Lipinski definition) is 4. The van der Waals surface area contributed by atoms with E-state index in [0.29, 0.717) is 11.5 Å². The van der Waals surface area contributed by atoms with Crippen molar-refractivity contribution in [3.05, 3.63) is 82.5 Å². The summed E-state index contributed by atoms with van der Waals surface area (Å²) in [6, 6.07) is 16.1. The van der Waals surface area contributed by atoms with E-state index in [1.807, 2.05) is 13.0 Å². The van der Waals surface area contributed by atoms with E-state index in [1.54, 1.807) is 42.6 Å². The van der Waals surface area contributed by atoms with E-state index < -0.39 is 15.9 Å². The average molecular weight is 446 g/mol. The number of nitrogens with zero attached hydrogens (tertiary/aromatic N) is 1. The molecule has 1 heterocycles. The van der Waals surface area contributed by atoms with E-state index >= 15 is 0 Å². The van der Waals surface area contributed by atoms with Crippen LogP contribution in [0.2, 0.25) is 0 Å². The Morgan fingerprint density at radius 1 is 1.04 bits per heavy atom. The third-order valence-electron chi connectivity index (χ3n) is 3.66. The fraction of sp³-hybridized carbons (Fsp3) is 0.0526. The molecule has 0 bridgehead atoms. The lowest BCUT2D eigenvalue weighted by Gasteiger charge is -2.10. The Labute approximate surface area is 165 Å². The molecule has 2 N–H and O–H groups in total. The van der Waals surface area contributed by atoms with Gasteiger partial charge in [0.05, 0.1) is 4.90 Å². The van der Waals surface area contributed by atoms with Crippen LogP contribution >= 0.6 is 15.9 Å². The minimum absolute atomic E-state index is 0.00438. The third kappa shape index (κ3) is 4.93. The molecule has 0 aliphatic heterocycles. The molecule has 2 aromatic carbocycles. The van der Waals surface area contributed by atoms with Gasteiger partial charge in [-0.15, -0.1) is 0 Å². The summed E-state index contributed by atoms with van der Waals surface area (Å²) in [6.45, 7) is 1.89. The highest BCUT2D eigenvalue weighted by Gasteiger charge is 2.17. The topological polar surface area (TPSA) is 88.2 Å². The zero-order valence-corrected chi connectivity index (χ0v) is 16.7. The average Bonchev–Trinajstić information content (AvgIpc) is 2.63. The number of aromatic nitrogens is 1. The molecule has 138 valence electrons. The van der Waals surface area contributed by atoms with Gasteiger partial charge in [-0.2, -0.15) is 0 Å². The van der Waals surface area contributed by atoms with E-state index in [2.05, 4.69) is 31.0 Å². The number of sulfonamides is 1. The summed E-state index contributed by atoms with van der Waals surface area (Å²) in [5, 5.41) is 2.66. The number of anilines is 2. The van der Waals surface area contributed by atoms with Crippen molar-refractivity contribution in [3.63, 3.8) is 0 Å². The lowest BCUT2D eigenvalue weighted by Crippen LogP contribution is -2.16. The number of pyridine rings is 1. The molecule has 1 aromatic heterocycles. The van der Waals surface area contributed by atoms with Gasteiger partial charge in [0.25, 0.3) is 15.9 Å². The lowest BCUT2D eigenvalue weighted by molar-refractivity contribution is 0.102. The monoisotopic (exact) mass is 445 g/mol. The summed E-state index contributed by atoms with van der Waals surface area (Å²) in [7, 11) is -3.82. The molecule has 0 atom stereocenters. The number of rotatable bonds is 5. The Hall–Kier alpha value is -2.71. The molecule has 3 rings (SSSR count). The quantitative estimate of drug-likeness (QED) is 0.615. The molecule has 6 nitrogen and oxygen atoms in total. The standard InChI is InChI=1S/C19H16BrN3O3S/c1-13-9-10-21-18(11-13)22-19(24)14-3-2-4-17(12-14)27(25,26)23-16-7-5-15(20)6-8-16/h2-12,23H,1H3,(H,21,22,24). The van der Waals surface area contributed by atoms with Crippen LogP contribution in [0.4, 0.5) is 11.5 Å². The molecule has 0 saturated heterocycles. The fourth-order valence-corrected chi connectivity index (χ4v) is 3.70. The second kappa shape index (κ2) is 7.89. The van der Waals surface area contributed by atoms with Crippen molar-refractivity contribution < 1.29 is 13.2 Å². The van der Waals surface area contributed by atoms with Gasteiger partial charge in [0.1, 0.15) is 5.82 Å². The van der Waals surface area contributed by atoms with Gasteiger partial charge >= 0.3 is 0 Å². The summed E-state index contributed by atoms with van der Waals surface area (Å²) < 4.78 is 28.5. The first-order valence-corrected chi connectivity index (χ1v) is 10.2. The first kappa shape index (κ1) is 19.1. The van der Waals surface area contributed by atoms with Crippen molar-refractivity contribution >= 4 is 43.4 Å². The Balaban J connectivity index is 1.81. The van der Waals surface area contributed by atoms with Crippen LogP contribution in [0.25, 0.3) is 0 Å². The summed E-state index contributed by atoms with van der Waals surface area (Å²) in [6.07, 6.45) is 1.59. The normalized spacial score (nSPS) is 11.0. The minimum atomic E-state index is -3.82. The van der Waals surface area contributed by atoms with E-state index in [0.717, 1.165) is 10.0 Å². The van der Waals surface area contributed by atoms with Crippen LogP contribution < -0.4 is 10.0 Å². The zero-order chi connectivity index (χ0) is 19.4. The van der Waals surface area contributed by atoms with Crippen molar-refractivity contribution in [2.24, 2.45) is 0 Å². The molecule has 0 aliphatic carbocycles. The van der Waals surface area contributed by atoms with Crippen LogP contribution in [-0.4, -0.2) is 19.3 Å². The summed E-state index contributed by atoms with van der Waals surface area (Å²) in [4.78, 5) is 16.5. The molecule has 0 aliphatic rings. The van der Waals surface area contributed by atoms with Gasteiger partial charge in [0.15, 0.2) is 0 Å². The second-order valence-electron chi connectivity index (χ2n) is 5.81. The van der Waals surface area contributed by atoms with Gasteiger partial charge in [-0.05, 0) is 67.1 Å². The van der Waals surface area contributed by atoms with Crippen LogP contribution in [0.1, 0.15) is 15.9 Å². The Kier molecular flexibility index (Phi) is 5.57. The smallest absolute Gasteiger partial charge is 0.261 e. The molecule has 0 spiro atoms. The van der Waals surface area contributed by atoms with Crippen molar-refractivity contribution in [1.82, 2.24) is 4.98 Å². The van der Waals surface area contributed by atoms with Crippen LogP contribution in [-0.2, 0) is 10.0 Å². The Morgan fingerprint density at radius 2 is 1.78 bits per heavy atom. The number of carbonyl (C=O) groups is 1. The van der Waals surface area contributed by atoms with Gasteiger partial charge in [0.2, 0.25) is 0 Å². The molecule has 0 saturated carbocycles. The maximum atomic E-state index is 12.6. The first-order valence-electron chi connectivity index (χ1n) is 7.96. The number of aryl methyl sites for hydroxylation is 1. The second-order valence-corrected chi connectivity index (χ2v) is 8.41. The number of carbonyl (C=O) groups excluding carboxylic acids is 1. The number of halogens is 1. The number of hydrogen-bond donors (Lipinski definition) is 2. The SMILES string of the molecule is Cc1ccnc(NC(=O)c2cccc(S(=O)(=O)Nc3ccc(Br)cc3)c2)c1.